The third kappa shape index (κ3) is 2.29. The van der Waals surface area contributed by atoms with Gasteiger partial charge in [0.2, 0.25) is 0 Å². The van der Waals surface area contributed by atoms with Crippen LogP contribution < -0.4 is 0 Å². The molecule has 0 saturated carbocycles. The smallest absolute Gasteiger partial charge is 0.127 e. The van der Waals surface area contributed by atoms with E-state index in [0.29, 0.717) is 4.90 Å². The second-order valence-electron chi connectivity index (χ2n) is 4.04. The Balaban J connectivity index is 1.90. The Kier molecular flexibility index (Phi) is 2.88. The third-order valence-electron chi connectivity index (χ3n) is 2.68. The van der Waals surface area contributed by atoms with Crippen molar-refractivity contribution in [1.29, 1.82) is 0 Å². The number of halogens is 2. The summed E-state index contributed by atoms with van der Waals surface area (Å²) < 4.78 is 26.2. The van der Waals surface area contributed by atoms with Crippen molar-refractivity contribution >= 4 is 18.0 Å². The number of aliphatic imine (C=N–C) groups is 1. The SMILES string of the molecule is Fc1cc(F)cc(Sc2ccc3c(c2)C=NC3)c1. The zero-order valence-electron chi connectivity index (χ0n) is 9.36. The Morgan fingerprint density at radius 3 is 2.50 bits per heavy atom. The van der Waals surface area contributed by atoms with Gasteiger partial charge in [0.15, 0.2) is 0 Å². The average molecular weight is 261 g/mol. The van der Waals surface area contributed by atoms with Gasteiger partial charge in [-0.3, -0.25) is 4.99 Å². The fraction of sp³-hybridized carbons (Fsp3) is 0.0714. The van der Waals surface area contributed by atoms with E-state index < -0.39 is 11.6 Å². The van der Waals surface area contributed by atoms with Gasteiger partial charge in [-0.25, -0.2) is 8.78 Å². The molecule has 1 nitrogen and oxygen atoms in total. The lowest BCUT2D eigenvalue weighted by molar-refractivity contribution is 0.577. The predicted molar refractivity (Wildman–Crippen MR) is 68.2 cm³/mol. The Morgan fingerprint density at radius 1 is 0.944 bits per heavy atom. The Morgan fingerprint density at radius 2 is 1.72 bits per heavy atom. The second-order valence-corrected chi connectivity index (χ2v) is 5.18. The summed E-state index contributed by atoms with van der Waals surface area (Å²) in [5, 5.41) is 0. The second kappa shape index (κ2) is 4.53. The molecule has 0 atom stereocenters. The molecule has 0 aromatic heterocycles. The van der Waals surface area contributed by atoms with E-state index in [-0.39, 0.29) is 0 Å². The van der Waals surface area contributed by atoms with E-state index in [1.807, 2.05) is 24.4 Å². The third-order valence-corrected chi connectivity index (χ3v) is 3.64. The zero-order valence-corrected chi connectivity index (χ0v) is 10.2. The molecule has 0 aliphatic carbocycles. The van der Waals surface area contributed by atoms with Gasteiger partial charge >= 0.3 is 0 Å². The molecule has 2 aromatic rings. The summed E-state index contributed by atoms with van der Waals surface area (Å²) in [5.74, 6) is -1.11. The van der Waals surface area contributed by atoms with Gasteiger partial charge in [0.25, 0.3) is 0 Å². The molecule has 90 valence electrons. The molecule has 0 amide bonds. The maximum atomic E-state index is 13.1. The van der Waals surface area contributed by atoms with Gasteiger partial charge in [0.1, 0.15) is 11.6 Å². The Hall–Kier alpha value is -1.68. The van der Waals surface area contributed by atoms with Gasteiger partial charge in [-0.05, 0) is 35.4 Å². The van der Waals surface area contributed by atoms with Crippen molar-refractivity contribution in [1.82, 2.24) is 0 Å². The summed E-state index contributed by atoms with van der Waals surface area (Å²) in [7, 11) is 0. The number of hydrogen-bond donors (Lipinski definition) is 0. The van der Waals surface area contributed by atoms with E-state index in [0.717, 1.165) is 23.1 Å². The molecule has 0 bridgehead atoms. The predicted octanol–water partition coefficient (Wildman–Crippen LogP) is 4.05. The normalized spacial score (nSPS) is 12.8. The van der Waals surface area contributed by atoms with Gasteiger partial charge < -0.3 is 0 Å². The van der Waals surface area contributed by atoms with Crippen molar-refractivity contribution in [2.45, 2.75) is 16.3 Å². The van der Waals surface area contributed by atoms with Crippen molar-refractivity contribution in [3.63, 3.8) is 0 Å². The van der Waals surface area contributed by atoms with Gasteiger partial charge in [0.05, 0.1) is 6.54 Å². The van der Waals surface area contributed by atoms with Crippen LogP contribution in [0.15, 0.2) is 51.2 Å². The molecule has 0 N–H and O–H groups in total. The number of benzene rings is 2. The minimum absolute atomic E-state index is 0.555. The van der Waals surface area contributed by atoms with Crippen molar-refractivity contribution in [3.8, 4) is 0 Å². The molecule has 0 unspecified atom stereocenters. The van der Waals surface area contributed by atoms with Gasteiger partial charge in [0, 0.05) is 22.1 Å². The quantitative estimate of drug-likeness (QED) is 0.794. The lowest BCUT2D eigenvalue weighted by Crippen LogP contribution is -1.85. The van der Waals surface area contributed by atoms with Crippen LogP contribution >= 0.6 is 11.8 Å². The van der Waals surface area contributed by atoms with Crippen LogP contribution in [0.1, 0.15) is 11.1 Å². The zero-order chi connectivity index (χ0) is 12.5. The lowest BCUT2D eigenvalue weighted by atomic mass is 10.1. The van der Waals surface area contributed by atoms with Crippen LogP contribution in [0.5, 0.6) is 0 Å². The summed E-state index contributed by atoms with van der Waals surface area (Å²) in [6.45, 7) is 0.717. The molecular weight excluding hydrogens is 252 g/mol. The Bertz CT molecular complexity index is 617. The minimum Gasteiger partial charge on any atom is -0.288 e. The van der Waals surface area contributed by atoms with Crippen LogP contribution in [0.25, 0.3) is 0 Å². The number of hydrogen-bond acceptors (Lipinski definition) is 2. The summed E-state index contributed by atoms with van der Waals surface area (Å²) in [6.07, 6.45) is 1.82. The molecule has 1 aliphatic rings. The van der Waals surface area contributed by atoms with E-state index in [1.165, 1.54) is 29.5 Å². The molecule has 1 heterocycles. The topological polar surface area (TPSA) is 12.4 Å². The summed E-state index contributed by atoms with van der Waals surface area (Å²) in [6, 6.07) is 9.46. The van der Waals surface area contributed by atoms with E-state index in [2.05, 4.69) is 4.99 Å². The first-order chi connectivity index (χ1) is 8.70. The van der Waals surface area contributed by atoms with Crippen molar-refractivity contribution in [2.24, 2.45) is 4.99 Å². The molecule has 0 fully saturated rings. The molecule has 4 heteroatoms. The molecule has 2 aromatic carbocycles. The summed E-state index contributed by atoms with van der Waals surface area (Å²) in [4.78, 5) is 5.68. The summed E-state index contributed by atoms with van der Waals surface area (Å²) in [5.41, 5.74) is 2.27. The van der Waals surface area contributed by atoms with Crippen LogP contribution in [-0.2, 0) is 6.54 Å². The van der Waals surface area contributed by atoms with Crippen molar-refractivity contribution in [2.75, 3.05) is 0 Å². The van der Waals surface area contributed by atoms with Crippen LogP contribution in [0.4, 0.5) is 8.78 Å². The lowest BCUT2D eigenvalue weighted by Gasteiger charge is -2.04. The highest BCUT2D eigenvalue weighted by atomic mass is 32.2. The molecule has 18 heavy (non-hydrogen) atoms. The highest BCUT2D eigenvalue weighted by Crippen LogP contribution is 2.30. The maximum absolute atomic E-state index is 13.1. The van der Waals surface area contributed by atoms with Gasteiger partial charge in [-0.1, -0.05) is 17.8 Å². The average Bonchev–Trinajstić information content (AvgIpc) is 2.74. The van der Waals surface area contributed by atoms with Gasteiger partial charge in [-0.15, -0.1) is 0 Å². The molecule has 1 aliphatic heterocycles. The van der Waals surface area contributed by atoms with Crippen LogP contribution in [0.2, 0.25) is 0 Å². The Labute approximate surface area is 108 Å². The number of nitrogens with zero attached hydrogens (tertiary/aromatic N) is 1. The molecule has 0 radical (unpaired) electrons. The molecular formula is C14H9F2NS. The fourth-order valence-electron chi connectivity index (χ4n) is 1.87. The van der Waals surface area contributed by atoms with Crippen LogP contribution in [0.3, 0.4) is 0 Å². The molecule has 0 saturated heterocycles. The van der Waals surface area contributed by atoms with Crippen molar-refractivity contribution in [3.05, 3.63) is 59.2 Å². The van der Waals surface area contributed by atoms with Crippen LogP contribution in [0, 0.1) is 11.6 Å². The maximum Gasteiger partial charge on any atom is 0.127 e. The monoisotopic (exact) mass is 261 g/mol. The number of fused-ring (bicyclic) bond motifs is 1. The highest BCUT2D eigenvalue weighted by molar-refractivity contribution is 7.99. The fourth-order valence-corrected chi connectivity index (χ4v) is 2.80. The standard InChI is InChI=1S/C14H9F2NS/c15-11-4-12(16)6-14(5-11)18-13-2-1-9-7-17-8-10(9)3-13/h1-6,8H,7H2. The van der Waals surface area contributed by atoms with E-state index in [9.17, 15) is 8.78 Å². The largest absolute Gasteiger partial charge is 0.288 e. The first-order valence-corrected chi connectivity index (χ1v) is 6.29. The first-order valence-electron chi connectivity index (χ1n) is 5.47. The van der Waals surface area contributed by atoms with E-state index in [4.69, 9.17) is 0 Å². The molecule has 0 spiro atoms. The highest BCUT2D eigenvalue weighted by Gasteiger charge is 2.08. The first kappa shape index (κ1) is 11.4. The summed E-state index contributed by atoms with van der Waals surface area (Å²) >= 11 is 1.34. The van der Waals surface area contributed by atoms with E-state index in [1.54, 1.807) is 0 Å². The molecule has 3 rings (SSSR count). The minimum atomic E-state index is -0.555. The van der Waals surface area contributed by atoms with E-state index >= 15 is 0 Å². The van der Waals surface area contributed by atoms with Gasteiger partial charge in [-0.2, -0.15) is 0 Å². The van der Waals surface area contributed by atoms with Crippen molar-refractivity contribution < 1.29 is 8.78 Å². The van der Waals surface area contributed by atoms with Crippen LogP contribution in [-0.4, -0.2) is 6.21 Å². The number of rotatable bonds is 2.